The minimum atomic E-state index is -0.441. The zero-order valence-electron chi connectivity index (χ0n) is 17.7. The van der Waals surface area contributed by atoms with Gasteiger partial charge in [-0.25, -0.2) is 9.18 Å². The fourth-order valence-electron chi connectivity index (χ4n) is 3.94. The topological polar surface area (TPSA) is 75.5 Å². The van der Waals surface area contributed by atoms with Gasteiger partial charge in [-0.2, -0.15) is 4.98 Å². The molecule has 9 heteroatoms. The predicted octanol–water partition coefficient (Wildman–Crippen LogP) is 2.55. The van der Waals surface area contributed by atoms with Crippen LogP contribution in [-0.4, -0.2) is 30.2 Å². The Kier molecular flexibility index (Phi) is 4.47. The van der Waals surface area contributed by atoms with Gasteiger partial charge in [0.2, 0.25) is 5.78 Å². The predicted molar refractivity (Wildman–Crippen MR) is 119 cm³/mol. The number of imidazole rings is 2. The summed E-state index contributed by atoms with van der Waals surface area (Å²) in [4.78, 5) is 30.0. The summed E-state index contributed by atoms with van der Waals surface area (Å²) in [5.41, 5.74) is 2.34. The minimum Gasteiger partial charge on any atom is -0.497 e. The molecule has 0 aliphatic carbocycles. The Bertz CT molecular complexity index is 1590. The van der Waals surface area contributed by atoms with Crippen molar-refractivity contribution in [2.45, 2.75) is 6.54 Å². The smallest absolute Gasteiger partial charge is 0.332 e. The number of ether oxygens (including phenoxy) is 1. The van der Waals surface area contributed by atoms with Gasteiger partial charge in [0.1, 0.15) is 11.6 Å². The highest BCUT2D eigenvalue weighted by molar-refractivity contribution is 5.78. The molecule has 0 aliphatic rings. The highest BCUT2D eigenvalue weighted by atomic mass is 19.1. The lowest BCUT2D eigenvalue weighted by atomic mass is 10.1. The van der Waals surface area contributed by atoms with Gasteiger partial charge in [-0.05, 0) is 42.0 Å². The Morgan fingerprint density at radius 1 is 0.969 bits per heavy atom. The van der Waals surface area contributed by atoms with E-state index in [2.05, 4.69) is 4.98 Å². The third kappa shape index (κ3) is 2.93. The van der Waals surface area contributed by atoms with Crippen LogP contribution >= 0.6 is 0 Å². The molecule has 0 N–H and O–H groups in total. The zero-order chi connectivity index (χ0) is 22.6. The number of methoxy groups -OCH3 is 1. The second kappa shape index (κ2) is 7.23. The van der Waals surface area contributed by atoms with Crippen LogP contribution in [0.15, 0.2) is 64.3 Å². The maximum absolute atomic E-state index is 13.4. The quantitative estimate of drug-likeness (QED) is 0.437. The molecule has 0 bridgehead atoms. The molecule has 8 nitrogen and oxygen atoms in total. The molecule has 0 spiro atoms. The second-order valence-corrected chi connectivity index (χ2v) is 7.62. The third-order valence-electron chi connectivity index (χ3n) is 5.70. The first-order valence-electron chi connectivity index (χ1n) is 9.95. The van der Waals surface area contributed by atoms with E-state index in [1.54, 1.807) is 30.7 Å². The van der Waals surface area contributed by atoms with Crippen molar-refractivity contribution in [2.75, 3.05) is 7.11 Å². The molecule has 0 fully saturated rings. The standard InChI is InChI=1S/C23H20FN5O3/c1-26-20-19(21(30)27(2)23(26)31)29-13-18(15-6-10-17(32-3)11-7-15)28(22(29)25-20)12-14-4-8-16(24)9-5-14/h4-11,13H,12H2,1-3H3. The molecule has 0 aliphatic heterocycles. The summed E-state index contributed by atoms with van der Waals surface area (Å²) >= 11 is 0. The van der Waals surface area contributed by atoms with Gasteiger partial charge in [0.25, 0.3) is 5.56 Å². The lowest BCUT2D eigenvalue weighted by Crippen LogP contribution is -2.37. The highest BCUT2D eigenvalue weighted by Gasteiger charge is 2.21. The van der Waals surface area contributed by atoms with E-state index in [1.807, 2.05) is 35.0 Å². The van der Waals surface area contributed by atoms with Crippen LogP contribution < -0.4 is 16.0 Å². The van der Waals surface area contributed by atoms with Crippen LogP contribution in [0.2, 0.25) is 0 Å². The van der Waals surface area contributed by atoms with Crippen LogP contribution in [0.3, 0.4) is 0 Å². The molecule has 5 rings (SSSR count). The number of fused-ring (bicyclic) bond motifs is 3. The van der Waals surface area contributed by atoms with Gasteiger partial charge in [-0.3, -0.25) is 18.3 Å². The average molecular weight is 433 g/mol. The lowest BCUT2D eigenvalue weighted by Gasteiger charge is -2.10. The van der Waals surface area contributed by atoms with Crippen LogP contribution in [-0.2, 0) is 20.6 Å². The lowest BCUT2D eigenvalue weighted by molar-refractivity contribution is 0.415. The fraction of sp³-hybridized carbons (Fsp3) is 0.174. The third-order valence-corrected chi connectivity index (χ3v) is 5.70. The molecular formula is C23H20FN5O3. The Labute approximate surface area is 181 Å². The first-order valence-corrected chi connectivity index (χ1v) is 9.95. The first kappa shape index (κ1) is 19.8. The average Bonchev–Trinajstić information content (AvgIpc) is 3.35. The Hall–Kier alpha value is -4.14. The number of nitrogens with zero attached hydrogens (tertiary/aromatic N) is 5. The summed E-state index contributed by atoms with van der Waals surface area (Å²) in [5.74, 6) is 0.921. The molecule has 32 heavy (non-hydrogen) atoms. The van der Waals surface area contributed by atoms with E-state index in [1.165, 1.54) is 23.7 Å². The molecule has 162 valence electrons. The van der Waals surface area contributed by atoms with Gasteiger partial charge < -0.3 is 9.30 Å². The molecule has 0 saturated carbocycles. The number of rotatable bonds is 4. The van der Waals surface area contributed by atoms with Crippen molar-refractivity contribution in [3.8, 4) is 17.0 Å². The summed E-state index contributed by atoms with van der Waals surface area (Å²) in [5, 5.41) is 0. The summed E-state index contributed by atoms with van der Waals surface area (Å²) in [6.45, 7) is 0.399. The summed E-state index contributed by atoms with van der Waals surface area (Å²) in [6.07, 6.45) is 1.84. The van der Waals surface area contributed by atoms with E-state index < -0.39 is 11.2 Å². The van der Waals surface area contributed by atoms with Crippen LogP contribution in [0.5, 0.6) is 5.75 Å². The van der Waals surface area contributed by atoms with Crippen molar-refractivity contribution in [3.05, 3.63) is 86.9 Å². The molecule has 0 saturated heterocycles. The van der Waals surface area contributed by atoms with Gasteiger partial charge >= 0.3 is 5.69 Å². The second-order valence-electron chi connectivity index (χ2n) is 7.62. The van der Waals surface area contributed by atoms with Crippen LogP contribution in [0.1, 0.15) is 5.56 Å². The molecular weight excluding hydrogens is 413 g/mol. The van der Waals surface area contributed by atoms with E-state index >= 15 is 0 Å². The molecule has 0 unspecified atom stereocenters. The molecule has 2 aromatic carbocycles. The number of hydrogen-bond acceptors (Lipinski definition) is 4. The Morgan fingerprint density at radius 3 is 2.31 bits per heavy atom. The zero-order valence-corrected chi connectivity index (χ0v) is 17.7. The van der Waals surface area contributed by atoms with E-state index in [0.29, 0.717) is 23.5 Å². The Balaban J connectivity index is 1.82. The molecule has 0 amide bonds. The van der Waals surface area contributed by atoms with Gasteiger partial charge in [0.15, 0.2) is 11.2 Å². The van der Waals surface area contributed by atoms with Crippen molar-refractivity contribution in [2.24, 2.45) is 14.1 Å². The van der Waals surface area contributed by atoms with Gasteiger partial charge in [-0.15, -0.1) is 0 Å². The molecule has 0 radical (unpaired) electrons. The van der Waals surface area contributed by atoms with E-state index in [9.17, 15) is 14.0 Å². The van der Waals surface area contributed by atoms with Crippen LogP contribution in [0.25, 0.3) is 28.2 Å². The first-order chi connectivity index (χ1) is 15.4. The summed E-state index contributed by atoms with van der Waals surface area (Å²) in [6, 6.07) is 13.8. The van der Waals surface area contributed by atoms with E-state index in [4.69, 9.17) is 4.74 Å². The maximum Gasteiger partial charge on any atom is 0.332 e. The summed E-state index contributed by atoms with van der Waals surface area (Å²) < 4.78 is 24.8. The molecule has 3 heterocycles. The van der Waals surface area contributed by atoms with Crippen LogP contribution in [0, 0.1) is 5.82 Å². The number of aryl methyl sites for hydroxylation is 1. The van der Waals surface area contributed by atoms with Crippen molar-refractivity contribution >= 4 is 16.9 Å². The van der Waals surface area contributed by atoms with E-state index in [0.717, 1.165) is 27.1 Å². The largest absolute Gasteiger partial charge is 0.497 e. The number of aromatic nitrogens is 5. The van der Waals surface area contributed by atoms with Gasteiger partial charge in [-0.1, -0.05) is 12.1 Å². The minimum absolute atomic E-state index is 0.308. The SMILES string of the molecule is COc1ccc(-c2cn3c4c(=O)n(C)c(=O)n(C)c4nc3n2Cc2ccc(F)cc2)cc1. The van der Waals surface area contributed by atoms with Gasteiger partial charge in [0.05, 0.1) is 19.3 Å². The normalized spacial score (nSPS) is 11.5. The monoisotopic (exact) mass is 433 g/mol. The maximum atomic E-state index is 13.4. The number of benzene rings is 2. The van der Waals surface area contributed by atoms with E-state index in [-0.39, 0.29) is 5.82 Å². The van der Waals surface area contributed by atoms with Crippen LogP contribution in [0.4, 0.5) is 4.39 Å². The fourth-order valence-corrected chi connectivity index (χ4v) is 3.94. The molecule has 0 atom stereocenters. The highest BCUT2D eigenvalue weighted by Crippen LogP contribution is 2.28. The van der Waals surface area contributed by atoms with Crippen molar-refractivity contribution in [3.63, 3.8) is 0 Å². The molecule has 5 aromatic rings. The van der Waals surface area contributed by atoms with Crippen molar-refractivity contribution in [1.82, 2.24) is 23.1 Å². The molecule has 3 aromatic heterocycles. The number of halogens is 1. The number of hydrogen-bond donors (Lipinski definition) is 0. The Morgan fingerprint density at radius 2 is 1.66 bits per heavy atom. The summed E-state index contributed by atoms with van der Waals surface area (Å²) in [7, 11) is 4.64. The van der Waals surface area contributed by atoms with Gasteiger partial charge in [0, 0.05) is 25.9 Å². The van der Waals surface area contributed by atoms with Crippen molar-refractivity contribution in [1.29, 1.82) is 0 Å². The van der Waals surface area contributed by atoms with Crippen molar-refractivity contribution < 1.29 is 9.13 Å².